The van der Waals surface area contributed by atoms with Gasteiger partial charge in [0, 0.05) is 6.42 Å². The standard InChI is InChI=1S/C60H111N2O6P/c1-6-8-10-12-14-16-18-20-22-24-26-28-30-31-32-34-36-38-40-42-44-46-48-50-52-54-60(64)61-58(57-68-69(65,66)67-56-55-62(3,4)5)59(63)53-51-49-47-45-43-41-39-37-35-33-29-27-25-23-21-19-17-15-13-11-9-7-2/h8,10,14,16,20,22,26,28,43,45,51,53,58-59,63H,6-7,9,11-13,15,17-19,21,23-25,27,29-42,44,46-50,52,54-57H2,1-5H3,(H-,61,64,65,66)/p+1/b10-8-,16-14-,22-20-,28-26-,45-43+,53-51+. The van der Waals surface area contributed by atoms with Gasteiger partial charge in [0.15, 0.2) is 0 Å². The molecule has 8 nitrogen and oxygen atoms in total. The second-order valence-corrected chi connectivity index (χ2v) is 22.1. The lowest BCUT2D eigenvalue weighted by atomic mass is 10.0. The molecule has 0 aromatic heterocycles. The lowest BCUT2D eigenvalue weighted by Crippen LogP contribution is -2.45. The molecule has 0 bridgehead atoms. The fourth-order valence-electron chi connectivity index (χ4n) is 8.17. The first-order valence-corrected chi connectivity index (χ1v) is 30.3. The first-order chi connectivity index (χ1) is 33.5. The molecule has 0 aliphatic carbocycles. The van der Waals surface area contributed by atoms with E-state index in [1.807, 2.05) is 27.2 Å². The molecular formula is C60H112N2O6P+. The number of rotatable bonds is 52. The molecular weight excluding hydrogens is 876 g/mol. The maximum atomic E-state index is 13.0. The van der Waals surface area contributed by atoms with Gasteiger partial charge in [-0.15, -0.1) is 0 Å². The van der Waals surface area contributed by atoms with E-state index in [9.17, 15) is 19.4 Å². The predicted molar refractivity (Wildman–Crippen MR) is 300 cm³/mol. The number of amides is 1. The number of aliphatic hydroxyl groups excluding tert-OH is 1. The SMILES string of the molecule is CC/C=C\C/C=C\C/C=C\C/C=C\CCCCCCCCCCCCCCC(=O)NC(COP(=O)(O)OCC[N+](C)(C)C)C(O)/C=C/CC/C=C/CCCCCCCCCCCCCCCCCC. The summed E-state index contributed by atoms with van der Waals surface area (Å²) in [5.74, 6) is -0.190. The molecule has 1 amide bonds. The monoisotopic (exact) mass is 988 g/mol. The van der Waals surface area contributed by atoms with Gasteiger partial charge in [0.2, 0.25) is 5.91 Å². The zero-order chi connectivity index (χ0) is 50.6. The van der Waals surface area contributed by atoms with Gasteiger partial charge in [-0.05, 0) is 70.6 Å². The van der Waals surface area contributed by atoms with Crippen LogP contribution in [0.1, 0.15) is 251 Å². The number of nitrogens with one attached hydrogen (secondary N) is 1. The summed E-state index contributed by atoms with van der Waals surface area (Å²) < 4.78 is 23.7. The summed E-state index contributed by atoms with van der Waals surface area (Å²) in [5.41, 5.74) is 0. The summed E-state index contributed by atoms with van der Waals surface area (Å²) in [6.07, 6.45) is 70.0. The van der Waals surface area contributed by atoms with Crippen molar-refractivity contribution in [1.29, 1.82) is 0 Å². The van der Waals surface area contributed by atoms with Gasteiger partial charge < -0.3 is 19.8 Å². The zero-order valence-electron chi connectivity index (χ0n) is 45.8. The number of nitrogens with zero attached hydrogens (tertiary/aromatic N) is 1. The van der Waals surface area contributed by atoms with E-state index in [1.54, 1.807) is 6.08 Å². The molecule has 402 valence electrons. The zero-order valence-corrected chi connectivity index (χ0v) is 46.7. The van der Waals surface area contributed by atoms with Gasteiger partial charge in [-0.1, -0.05) is 247 Å². The van der Waals surface area contributed by atoms with Crippen molar-refractivity contribution in [3.05, 3.63) is 72.9 Å². The molecule has 0 aliphatic rings. The number of hydrogen-bond donors (Lipinski definition) is 3. The topological polar surface area (TPSA) is 105 Å². The molecule has 0 heterocycles. The predicted octanol–water partition coefficient (Wildman–Crippen LogP) is 17.5. The van der Waals surface area contributed by atoms with Crippen molar-refractivity contribution in [2.24, 2.45) is 0 Å². The number of phosphoric ester groups is 1. The van der Waals surface area contributed by atoms with Crippen molar-refractivity contribution in [1.82, 2.24) is 5.32 Å². The van der Waals surface area contributed by atoms with Crippen molar-refractivity contribution < 1.29 is 32.9 Å². The highest BCUT2D eigenvalue weighted by Crippen LogP contribution is 2.43. The third kappa shape index (κ3) is 53.6. The second-order valence-electron chi connectivity index (χ2n) is 20.6. The molecule has 0 fully saturated rings. The van der Waals surface area contributed by atoms with Crippen LogP contribution in [0.4, 0.5) is 0 Å². The Morgan fingerprint density at radius 2 is 0.884 bits per heavy atom. The summed E-state index contributed by atoms with van der Waals surface area (Å²) in [5, 5.41) is 13.9. The minimum Gasteiger partial charge on any atom is -0.387 e. The van der Waals surface area contributed by atoms with Gasteiger partial charge >= 0.3 is 7.82 Å². The maximum absolute atomic E-state index is 13.0. The summed E-state index contributed by atoms with van der Waals surface area (Å²) in [4.78, 5) is 23.3. The van der Waals surface area contributed by atoms with Crippen LogP contribution >= 0.6 is 7.82 Å². The number of allylic oxidation sites excluding steroid dienone is 11. The molecule has 0 aromatic rings. The molecule has 0 saturated carbocycles. The molecule has 0 radical (unpaired) electrons. The summed E-state index contributed by atoms with van der Waals surface area (Å²) in [6, 6.07) is -0.868. The molecule has 3 unspecified atom stereocenters. The highest BCUT2D eigenvalue weighted by atomic mass is 31.2. The molecule has 9 heteroatoms. The third-order valence-corrected chi connectivity index (χ3v) is 13.6. The number of phosphoric acid groups is 1. The van der Waals surface area contributed by atoms with Gasteiger partial charge in [-0.3, -0.25) is 13.8 Å². The van der Waals surface area contributed by atoms with Crippen LogP contribution in [0, 0.1) is 0 Å². The minimum atomic E-state index is -4.36. The molecule has 0 saturated heterocycles. The lowest BCUT2D eigenvalue weighted by Gasteiger charge is -2.25. The second kappa shape index (κ2) is 50.9. The van der Waals surface area contributed by atoms with Gasteiger partial charge in [-0.2, -0.15) is 0 Å². The molecule has 0 aliphatic heterocycles. The number of aliphatic hydroxyl groups is 1. The Morgan fingerprint density at radius 3 is 1.33 bits per heavy atom. The fourth-order valence-corrected chi connectivity index (χ4v) is 8.90. The van der Waals surface area contributed by atoms with Crippen molar-refractivity contribution in [2.75, 3.05) is 40.9 Å². The maximum Gasteiger partial charge on any atom is 0.472 e. The van der Waals surface area contributed by atoms with Crippen molar-refractivity contribution >= 4 is 13.7 Å². The van der Waals surface area contributed by atoms with Crippen LogP contribution in [0.25, 0.3) is 0 Å². The number of hydrogen-bond acceptors (Lipinski definition) is 5. The van der Waals surface area contributed by atoms with Crippen molar-refractivity contribution in [2.45, 2.75) is 264 Å². The fraction of sp³-hybridized carbons (Fsp3) is 0.783. The van der Waals surface area contributed by atoms with Crippen molar-refractivity contribution in [3.8, 4) is 0 Å². The molecule has 0 rings (SSSR count). The Morgan fingerprint density at radius 1 is 0.507 bits per heavy atom. The van der Waals surface area contributed by atoms with E-state index >= 15 is 0 Å². The molecule has 3 N–H and O–H groups in total. The van der Waals surface area contributed by atoms with Gasteiger partial charge in [-0.25, -0.2) is 4.57 Å². The van der Waals surface area contributed by atoms with E-state index in [0.717, 1.165) is 64.2 Å². The van der Waals surface area contributed by atoms with Crippen LogP contribution in [-0.2, 0) is 18.4 Å². The van der Waals surface area contributed by atoms with Gasteiger partial charge in [0.25, 0.3) is 0 Å². The number of carbonyl (C=O) groups is 1. The molecule has 3 atom stereocenters. The number of unbranched alkanes of at least 4 members (excludes halogenated alkanes) is 29. The van der Waals surface area contributed by atoms with E-state index in [1.165, 1.54) is 167 Å². The first kappa shape index (κ1) is 66.9. The molecule has 0 spiro atoms. The smallest absolute Gasteiger partial charge is 0.387 e. The highest BCUT2D eigenvalue weighted by molar-refractivity contribution is 7.47. The van der Waals surface area contributed by atoms with E-state index in [4.69, 9.17) is 9.05 Å². The van der Waals surface area contributed by atoms with Crippen LogP contribution < -0.4 is 5.32 Å². The number of carbonyl (C=O) groups excluding carboxylic acids is 1. The minimum absolute atomic E-state index is 0.0535. The van der Waals surface area contributed by atoms with Crippen LogP contribution in [0.15, 0.2) is 72.9 Å². The Hall–Kier alpha value is -2.06. The van der Waals surface area contributed by atoms with Crippen LogP contribution in [0.3, 0.4) is 0 Å². The van der Waals surface area contributed by atoms with E-state index in [-0.39, 0.29) is 19.1 Å². The Balaban J connectivity index is 4.26. The lowest BCUT2D eigenvalue weighted by molar-refractivity contribution is -0.870. The number of likely N-dealkylation sites (N-methyl/N-ethyl adjacent to an activating group) is 1. The summed E-state index contributed by atoms with van der Waals surface area (Å²) >= 11 is 0. The van der Waals surface area contributed by atoms with E-state index < -0.39 is 20.0 Å². The van der Waals surface area contributed by atoms with Crippen molar-refractivity contribution in [3.63, 3.8) is 0 Å². The third-order valence-electron chi connectivity index (χ3n) is 12.7. The number of quaternary nitrogens is 1. The molecule has 69 heavy (non-hydrogen) atoms. The van der Waals surface area contributed by atoms with Crippen LogP contribution in [0.5, 0.6) is 0 Å². The Kier molecular flexibility index (Phi) is 49.3. The molecule has 0 aromatic carbocycles. The van der Waals surface area contributed by atoms with E-state index in [2.05, 4.69) is 79.9 Å². The highest BCUT2D eigenvalue weighted by Gasteiger charge is 2.27. The Bertz CT molecular complexity index is 1350. The average molecular weight is 989 g/mol. The normalized spacial score (nSPS) is 14.5. The quantitative estimate of drug-likeness (QED) is 0.0243. The first-order valence-electron chi connectivity index (χ1n) is 28.8. The largest absolute Gasteiger partial charge is 0.472 e. The average Bonchev–Trinajstić information content (AvgIpc) is 3.31. The van der Waals surface area contributed by atoms with E-state index in [0.29, 0.717) is 17.4 Å². The van der Waals surface area contributed by atoms with Gasteiger partial charge in [0.1, 0.15) is 13.2 Å². The summed E-state index contributed by atoms with van der Waals surface area (Å²) in [7, 11) is 1.55. The summed E-state index contributed by atoms with van der Waals surface area (Å²) in [6.45, 7) is 4.70. The van der Waals surface area contributed by atoms with Crippen LogP contribution in [0.2, 0.25) is 0 Å². The Labute approximate surface area is 427 Å². The van der Waals surface area contributed by atoms with Crippen LogP contribution in [-0.4, -0.2) is 73.4 Å². The van der Waals surface area contributed by atoms with Gasteiger partial charge in [0.05, 0.1) is 39.9 Å².